The highest BCUT2D eigenvalue weighted by Gasteiger charge is 2.28. The first-order valence-corrected chi connectivity index (χ1v) is 9.45. The summed E-state index contributed by atoms with van der Waals surface area (Å²) in [5, 5.41) is 8.32. The Morgan fingerprint density at radius 1 is 1.24 bits per heavy atom. The third kappa shape index (κ3) is 5.47. The molecular formula is C19H24N2O3S. The largest absolute Gasteiger partial charge is 0.493 e. The molecule has 0 atom stereocenters. The number of rotatable bonds is 10. The van der Waals surface area contributed by atoms with E-state index in [1.807, 2.05) is 29.6 Å². The Balaban J connectivity index is 1.42. The van der Waals surface area contributed by atoms with Gasteiger partial charge >= 0.3 is 0 Å². The van der Waals surface area contributed by atoms with Crippen molar-refractivity contribution in [3.05, 3.63) is 46.2 Å². The van der Waals surface area contributed by atoms with Gasteiger partial charge in [-0.25, -0.2) is 0 Å². The quantitative estimate of drug-likeness (QED) is 0.640. The number of methoxy groups -OCH3 is 1. The van der Waals surface area contributed by atoms with Gasteiger partial charge in [-0.3, -0.25) is 4.79 Å². The van der Waals surface area contributed by atoms with Crippen molar-refractivity contribution in [2.24, 2.45) is 5.92 Å². The summed E-state index contributed by atoms with van der Waals surface area (Å²) in [6, 6.07) is 10.0. The van der Waals surface area contributed by atoms with Crippen LogP contribution in [0.1, 0.15) is 23.3 Å². The van der Waals surface area contributed by atoms with Crippen LogP contribution >= 0.6 is 11.3 Å². The van der Waals surface area contributed by atoms with Gasteiger partial charge < -0.3 is 20.1 Å². The molecule has 1 aliphatic carbocycles. The Morgan fingerprint density at radius 3 is 2.84 bits per heavy atom. The molecule has 1 heterocycles. The summed E-state index contributed by atoms with van der Waals surface area (Å²) in [6.07, 6.45) is 2.08. The van der Waals surface area contributed by atoms with Crippen LogP contribution in [0.3, 0.4) is 0 Å². The first-order chi connectivity index (χ1) is 12.3. The molecule has 2 aromatic rings. The van der Waals surface area contributed by atoms with Crippen LogP contribution in [0.25, 0.3) is 0 Å². The summed E-state index contributed by atoms with van der Waals surface area (Å²) in [7, 11) is 1.65. The molecule has 2 N–H and O–H groups in total. The Kier molecular flexibility index (Phi) is 6.30. The summed E-state index contributed by atoms with van der Waals surface area (Å²) in [5.41, 5.74) is 1.12. The van der Waals surface area contributed by atoms with Crippen molar-refractivity contribution in [1.29, 1.82) is 0 Å². The molecule has 1 fully saturated rings. The number of amides is 1. The molecule has 1 aromatic heterocycles. The van der Waals surface area contributed by atoms with E-state index in [2.05, 4.69) is 16.7 Å². The first kappa shape index (κ1) is 17.8. The molecule has 1 aliphatic rings. The molecule has 1 amide bonds. The van der Waals surface area contributed by atoms with Crippen LogP contribution in [0.2, 0.25) is 0 Å². The van der Waals surface area contributed by atoms with E-state index in [1.54, 1.807) is 18.4 Å². The van der Waals surface area contributed by atoms with Crippen LogP contribution < -0.4 is 20.1 Å². The maximum atomic E-state index is 11.5. The smallest absolute Gasteiger partial charge is 0.223 e. The van der Waals surface area contributed by atoms with Gasteiger partial charge in [-0.1, -0.05) is 12.1 Å². The number of ether oxygens (including phenoxy) is 2. The Hall–Kier alpha value is -2.05. The van der Waals surface area contributed by atoms with Gasteiger partial charge in [0.25, 0.3) is 0 Å². The monoisotopic (exact) mass is 360 g/mol. The van der Waals surface area contributed by atoms with Gasteiger partial charge in [-0.2, -0.15) is 0 Å². The van der Waals surface area contributed by atoms with E-state index >= 15 is 0 Å². The minimum Gasteiger partial charge on any atom is -0.493 e. The van der Waals surface area contributed by atoms with Gasteiger partial charge in [0.1, 0.15) is 6.61 Å². The summed E-state index contributed by atoms with van der Waals surface area (Å²) < 4.78 is 11.3. The second-order valence-electron chi connectivity index (χ2n) is 6.10. The number of carbonyl (C=O) groups excluding carboxylic acids is 1. The van der Waals surface area contributed by atoms with Crippen molar-refractivity contribution >= 4 is 17.2 Å². The van der Waals surface area contributed by atoms with Crippen molar-refractivity contribution in [2.75, 3.05) is 20.2 Å². The number of hydrogen-bond acceptors (Lipinski definition) is 5. The SMILES string of the molecule is COc1cc(CNCCNC(=O)C2CC2)ccc1OCc1cccs1. The van der Waals surface area contributed by atoms with Crippen LogP contribution in [-0.4, -0.2) is 26.1 Å². The van der Waals surface area contributed by atoms with Gasteiger partial charge in [0.2, 0.25) is 5.91 Å². The predicted octanol–water partition coefficient (Wildman–Crippen LogP) is 2.95. The zero-order valence-electron chi connectivity index (χ0n) is 14.4. The fourth-order valence-electron chi connectivity index (χ4n) is 2.48. The summed E-state index contributed by atoms with van der Waals surface area (Å²) in [5.74, 6) is 1.94. The molecule has 134 valence electrons. The van der Waals surface area contributed by atoms with E-state index < -0.39 is 0 Å². The van der Waals surface area contributed by atoms with Crippen LogP contribution in [-0.2, 0) is 17.9 Å². The van der Waals surface area contributed by atoms with Crippen LogP contribution in [0.4, 0.5) is 0 Å². The zero-order valence-corrected chi connectivity index (χ0v) is 15.2. The zero-order chi connectivity index (χ0) is 17.5. The number of carbonyl (C=O) groups is 1. The van der Waals surface area contributed by atoms with E-state index in [-0.39, 0.29) is 11.8 Å². The van der Waals surface area contributed by atoms with Gasteiger partial charge in [0.15, 0.2) is 11.5 Å². The van der Waals surface area contributed by atoms with Crippen molar-refractivity contribution in [3.63, 3.8) is 0 Å². The van der Waals surface area contributed by atoms with Crippen LogP contribution in [0, 0.1) is 5.92 Å². The van der Waals surface area contributed by atoms with Crippen LogP contribution in [0.5, 0.6) is 11.5 Å². The molecule has 6 heteroatoms. The molecular weight excluding hydrogens is 336 g/mol. The normalized spacial score (nSPS) is 13.5. The minimum absolute atomic E-state index is 0.190. The Labute approximate surface area is 152 Å². The molecule has 0 saturated heterocycles. The summed E-state index contributed by atoms with van der Waals surface area (Å²) >= 11 is 1.68. The maximum Gasteiger partial charge on any atom is 0.223 e. The third-order valence-corrected chi connectivity index (χ3v) is 4.91. The molecule has 1 saturated carbocycles. The average Bonchev–Trinajstić information content (AvgIpc) is 3.36. The highest BCUT2D eigenvalue weighted by molar-refractivity contribution is 7.09. The average molecular weight is 360 g/mol. The molecule has 25 heavy (non-hydrogen) atoms. The lowest BCUT2D eigenvalue weighted by Gasteiger charge is -2.12. The number of benzene rings is 1. The van der Waals surface area contributed by atoms with E-state index in [0.717, 1.165) is 43.0 Å². The van der Waals surface area contributed by atoms with Gasteiger partial charge in [0, 0.05) is 30.4 Å². The van der Waals surface area contributed by atoms with Crippen LogP contribution in [0.15, 0.2) is 35.7 Å². The lowest BCUT2D eigenvalue weighted by Crippen LogP contribution is -2.32. The second-order valence-corrected chi connectivity index (χ2v) is 7.13. The molecule has 5 nitrogen and oxygen atoms in total. The number of nitrogens with one attached hydrogen (secondary N) is 2. The number of thiophene rings is 1. The Bertz CT molecular complexity index is 684. The van der Waals surface area contributed by atoms with E-state index in [4.69, 9.17) is 9.47 Å². The lowest BCUT2D eigenvalue weighted by atomic mass is 10.2. The van der Waals surface area contributed by atoms with Gasteiger partial charge in [-0.05, 0) is 42.0 Å². The van der Waals surface area contributed by atoms with Crippen molar-refractivity contribution in [1.82, 2.24) is 10.6 Å². The van der Waals surface area contributed by atoms with E-state index in [9.17, 15) is 4.79 Å². The lowest BCUT2D eigenvalue weighted by molar-refractivity contribution is -0.122. The highest BCUT2D eigenvalue weighted by Crippen LogP contribution is 2.29. The molecule has 0 radical (unpaired) electrons. The molecule has 3 rings (SSSR count). The highest BCUT2D eigenvalue weighted by atomic mass is 32.1. The topological polar surface area (TPSA) is 59.6 Å². The second kappa shape index (κ2) is 8.87. The van der Waals surface area contributed by atoms with Crippen molar-refractivity contribution in [3.8, 4) is 11.5 Å². The van der Waals surface area contributed by atoms with E-state index in [1.165, 1.54) is 4.88 Å². The van der Waals surface area contributed by atoms with Gasteiger partial charge in [0.05, 0.1) is 7.11 Å². The van der Waals surface area contributed by atoms with Crippen molar-refractivity contribution in [2.45, 2.75) is 26.0 Å². The third-order valence-electron chi connectivity index (χ3n) is 4.06. The molecule has 1 aromatic carbocycles. The maximum absolute atomic E-state index is 11.5. The summed E-state index contributed by atoms with van der Waals surface area (Å²) in [6.45, 7) is 2.68. The standard InChI is InChI=1S/C19H24N2O3S/c1-23-18-11-14(12-20-8-9-21-19(22)15-5-6-15)4-7-17(18)24-13-16-3-2-10-25-16/h2-4,7,10-11,15,20H,5-6,8-9,12-13H2,1H3,(H,21,22). The summed E-state index contributed by atoms with van der Waals surface area (Å²) in [4.78, 5) is 12.7. The Morgan fingerprint density at radius 2 is 2.12 bits per heavy atom. The number of hydrogen-bond donors (Lipinski definition) is 2. The molecule has 0 aliphatic heterocycles. The predicted molar refractivity (Wildman–Crippen MR) is 99.1 cm³/mol. The fraction of sp³-hybridized carbons (Fsp3) is 0.421. The fourth-order valence-corrected chi connectivity index (χ4v) is 3.10. The first-order valence-electron chi connectivity index (χ1n) is 8.57. The minimum atomic E-state index is 0.190. The van der Waals surface area contributed by atoms with Crippen molar-refractivity contribution < 1.29 is 14.3 Å². The van der Waals surface area contributed by atoms with Gasteiger partial charge in [-0.15, -0.1) is 11.3 Å². The van der Waals surface area contributed by atoms with E-state index in [0.29, 0.717) is 13.2 Å². The molecule has 0 bridgehead atoms. The molecule has 0 spiro atoms. The molecule has 0 unspecified atom stereocenters.